The Morgan fingerprint density at radius 2 is 2.16 bits per heavy atom. The molecule has 1 saturated carbocycles. The maximum Gasteiger partial charge on any atom is 0.228 e. The van der Waals surface area contributed by atoms with Crippen LogP contribution in [0.5, 0.6) is 0 Å². The summed E-state index contributed by atoms with van der Waals surface area (Å²) in [6, 6.07) is 3.81. The zero-order valence-electron chi connectivity index (χ0n) is 14.9. The number of likely N-dealkylation sites (tertiary alicyclic amines) is 1. The van der Waals surface area contributed by atoms with E-state index in [4.69, 9.17) is 4.74 Å². The van der Waals surface area contributed by atoms with E-state index in [1.165, 1.54) is 0 Å². The van der Waals surface area contributed by atoms with Gasteiger partial charge in [0.05, 0.1) is 12.0 Å². The fourth-order valence-electron chi connectivity index (χ4n) is 4.32. The number of ether oxygens (including phenoxy) is 1. The normalized spacial score (nSPS) is 26.2. The van der Waals surface area contributed by atoms with Crippen LogP contribution in [0.2, 0.25) is 0 Å². The van der Waals surface area contributed by atoms with Crippen LogP contribution in [0, 0.1) is 5.41 Å². The first-order valence-electron chi connectivity index (χ1n) is 9.13. The van der Waals surface area contributed by atoms with Gasteiger partial charge in [-0.05, 0) is 37.0 Å². The van der Waals surface area contributed by atoms with E-state index in [2.05, 4.69) is 10.3 Å². The molecule has 1 N–H and O–H groups in total. The van der Waals surface area contributed by atoms with Gasteiger partial charge in [0.1, 0.15) is 0 Å². The number of nitrogens with one attached hydrogen (secondary N) is 1. The Morgan fingerprint density at radius 1 is 1.36 bits per heavy atom. The molecule has 0 radical (unpaired) electrons. The van der Waals surface area contributed by atoms with Crippen LogP contribution in [0.15, 0.2) is 24.5 Å². The van der Waals surface area contributed by atoms with Gasteiger partial charge in [-0.3, -0.25) is 14.6 Å². The Labute approximate surface area is 148 Å². The molecule has 2 fully saturated rings. The third-order valence-corrected chi connectivity index (χ3v) is 5.66. The zero-order valence-corrected chi connectivity index (χ0v) is 14.9. The van der Waals surface area contributed by atoms with Crippen molar-refractivity contribution in [1.29, 1.82) is 0 Å². The first-order chi connectivity index (χ1) is 12.2. The van der Waals surface area contributed by atoms with Crippen molar-refractivity contribution >= 4 is 11.8 Å². The SMILES string of the molecule is COCCN1C(=O)CC[C@@]2(C(=O)NCc3ccncc3)CCCC[C@H]12. The zero-order chi connectivity index (χ0) is 17.7. The monoisotopic (exact) mass is 345 g/mol. The number of pyridine rings is 1. The van der Waals surface area contributed by atoms with Crippen LogP contribution in [-0.4, -0.2) is 48.0 Å². The molecular weight excluding hydrogens is 318 g/mol. The maximum absolute atomic E-state index is 13.2. The van der Waals surface area contributed by atoms with E-state index in [1.54, 1.807) is 19.5 Å². The molecule has 0 bridgehead atoms. The third-order valence-electron chi connectivity index (χ3n) is 5.66. The first kappa shape index (κ1) is 17.9. The van der Waals surface area contributed by atoms with Crippen molar-refractivity contribution in [3.63, 3.8) is 0 Å². The van der Waals surface area contributed by atoms with Crippen LogP contribution >= 0.6 is 0 Å². The number of nitrogens with zero attached hydrogens (tertiary/aromatic N) is 2. The van der Waals surface area contributed by atoms with Gasteiger partial charge in [-0.15, -0.1) is 0 Å². The molecule has 1 saturated heterocycles. The van der Waals surface area contributed by atoms with Crippen LogP contribution in [0.3, 0.4) is 0 Å². The maximum atomic E-state index is 13.2. The highest BCUT2D eigenvalue weighted by molar-refractivity contribution is 5.88. The van der Waals surface area contributed by atoms with Gasteiger partial charge in [0.2, 0.25) is 11.8 Å². The highest BCUT2D eigenvalue weighted by Gasteiger charge is 2.52. The molecule has 0 spiro atoms. The molecule has 1 aromatic rings. The summed E-state index contributed by atoms with van der Waals surface area (Å²) in [7, 11) is 1.64. The van der Waals surface area contributed by atoms with E-state index in [0.29, 0.717) is 32.5 Å². The lowest BCUT2D eigenvalue weighted by Crippen LogP contribution is -2.62. The summed E-state index contributed by atoms with van der Waals surface area (Å²) in [5.41, 5.74) is 0.586. The molecule has 3 rings (SSSR count). The summed E-state index contributed by atoms with van der Waals surface area (Å²) in [6.07, 6.45) is 8.44. The Balaban J connectivity index is 1.75. The third kappa shape index (κ3) is 3.68. The molecule has 2 heterocycles. The smallest absolute Gasteiger partial charge is 0.228 e. The average Bonchev–Trinajstić information content (AvgIpc) is 2.66. The summed E-state index contributed by atoms with van der Waals surface area (Å²) >= 11 is 0. The summed E-state index contributed by atoms with van der Waals surface area (Å²) in [5.74, 6) is 0.241. The number of carbonyl (C=O) groups is 2. The second-order valence-corrected chi connectivity index (χ2v) is 7.04. The number of piperidine rings is 1. The molecule has 1 aliphatic carbocycles. The van der Waals surface area contributed by atoms with Crippen molar-refractivity contribution < 1.29 is 14.3 Å². The minimum Gasteiger partial charge on any atom is -0.383 e. The molecule has 1 aliphatic heterocycles. The van der Waals surface area contributed by atoms with Crippen molar-refractivity contribution in [3.8, 4) is 0 Å². The number of hydrogen-bond acceptors (Lipinski definition) is 4. The standard InChI is InChI=1S/C19H27N3O3/c1-25-13-12-22-16-4-2-3-8-19(16,9-5-17(22)23)18(24)21-14-15-6-10-20-11-7-15/h6-7,10-11,16H,2-5,8-9,12-14H2,1H3,(H,21,24)/t16-,19-/m0/s1. The largest absolute Gasteiger partial charge is 0.383 e. The lowest BCUT2D eigenvalue weighted by atomic mass is 9.64. The predicted octanol–water partition coefficient (Wildman–Crippen LogP) is 1.90. The number of hydrogen-bond donors (Lipinski definition) is 1. The molecule has 6 heteroatoms. The van der Waals surface area contributed by atoms with Crippen molar-refractivity contribution in [1.82, 2.24) is 15.2 Å². The van der Waals surface area contributed by atoms with Crippen molar-refractivity contribution in [2.45, 2.75) is 51.1 Å². The molecular formula is C19H27N3O3. The van der Waals surface area contributed by atoms with Gasteiger partial charge in [-0.2, -0.15) is 0 Å². The quantitative estimate of drug-likeness (QED) is 0.855. The molecule has 2 aliphatic rings. The minimum absolute atomic E-state index is 0.00455. The number of fused-ring (bicyclic) bond motifs is 1. The topological polar surface area (TPSA) is 71.5 Å². The van der Waals surface area contributed by atoms with Crippen LogP contribution < -0.4 is 5.32 Å². The van der Waals surface area contributed by atoms with E-state index < -0.39 is 5.41 Å². The molecule has 2 amide bonds. The molecule has 0 unspecified atom stereocenters. The van der Waals surface area contributed by atoms with Crippen molar-refractivity contribution in [3.05, 3.63) is 30.1 Å². The van der Waals surface area contributed by atoms with Gasteiger partial charge >= 0.3 is 0 Å². The minimum atomic E-state index is -0.451. The Kier molecular flexibility index (Phi) is 5.68. The van der Waals surface area contributed by atoms with E-state index in [0.717, 1.165) is 31.2 Å². The van der Waals surface area contributed by atoms with Gasteiger partial charge in [0.15, 0.2) is 0 Å². The fourth-order valence-corrected chi connectivity index (χ4v) is 4.32. The summed E-state index contributed by atoms with van der Waals surface area (Å²) in [5, 5.41) is 3.11. The Bertz CT molecular complexity index is 607. The van der Waals surface area contributed by atoms with E-state index in [9.17, 15) is 9.59 Å². The number of methoxy groups -OCH3 is 1. The van der Waals surface area contributed by atoms with Crippen LogP contribution in [0.1, 0.15) is 44.1 Å². The van der Waals surface area contributed by atoms with Gasteiger partial charge in [0, 0.05) is 45.1 Å². The predicted molar refractivity (Wildman–Crippen MR) is 93.6 cm³/mol. The number of aromatic nitrogens is 1. The number of amides is 2. The van der Waals surface area contributed by atoms with Crippen LogP contribution in [0.4, 0.5) is 0 Å². The highest BCUT2D eigenvalue weighted by Crippen LogP contribution is 2.46. The molecule has 6 nitrogen and oxygen atoms in total. The Morgan fingerprint density at radius 3 is 2.92 bits per heavy atom. The number of carbonyl (C=O) groups excluding carboxylic acids is 2. The molecule has 1 aromatic heterocycles. The van der Waals surface area contributed by atoms with Gasteiger partial charge in [-0.1, -0.05) is 12.8 Å². The van der Waals surface area contributed by atoms with E-state index in [-0.39, 0.29) is 17.9 Å². The van der Waals surface area contributed by atoms with Crippen molar-refractivity contribution in [2.75, 3.05) is 20.3 Å². The van der Waals surface area contributed by atoms with Gasteiger partial charge in [-0.25, -0.2) is 0 Å². The Hall–Kier alpha value is -1.95. The van der Waals surface area contributed by atoms with E-state index in [1.807, 2.05) is 17.0 Å². The summed E-state index contributed by atoms with van der Waals surface area (Å²) in [4.78, 5) is 31.5. The molecule has 25 heavy (non-hydrogen) atoms. The van der Waals surface area contributed by atoms with Crippen LogP contribution in [-0.2, 0) is 20.9 Å². The molecule has 2 atom stereocenters. The summed E-state index contributed by atoms with van der Waals surface area (Å²) in [6.45, 7) is 1.58. The first-order valence-corrected chi connectivity index (χ1v) is 9.13. The van der Waals surface area contributed by atoms with Gasteiger partial charge < -0.3 is 15.0 Å². The van der Waals surface area contributed by atoms with Gasteiger partial charge in [0.25, 0.3) is 0 Å². The summed E-state index contributed by atoms with van der Waals surface area (Å²) < 4.78 is 5.17. The highest BCUT2D eigenvalue weighted by atomic mass is 16.5. The average molecular weight is 345 g/mol. The molecule has 0 aromatic carbocycles. The fraction of sp³-hybridized carbons (Fsp3) is 0.632. The van der Waals surface area contributed by atoms with Crippen LogP contribution in [0.25, 0.3) is 0 Å². The van der Waals surface area contributed by atoms with E-state index >= 15 is 0 Å². The second-order valence-electron chi connectivity index (χ2n) is 7.04. The lowest BCUT2D eigenvalue weighted by molar-refractivity contribution is -0.156. The molecule has 136 valence electrons. The number of rotatable bonds is 6. The lowest BCUT2D eigenvalue weighted by Gasteiger charge is -2.51. The second kappa shape index (κ2) is 7.95. The van der Waals surface area contributed by atoms with Crippen molar-refractivity contribution in [2.24, 2.45) is 5.41 Å².